The van der Waals surface area contributed by atoms with Crippen molar-refractivity contribution in [1.82, 2.24) is 24.5 Å². The van der Waals surface area contributed by atoms with E-state index in [4.69, 9.17) is 4.74 Å². The molecule has 0 aromatic carbocycles. The van der Waals surface area contributed by atoms with Crippen molar-refractivity contribution in [2.75, 3.05) is 12.4 Å². The lowest BCUT2D eigenvalue weighted by Gasteiger charge is -2.10. The van der Waals surface area contributed by atoms with Gasteiger partial charge in [0, 0.05) is 12.1 Å². The molecule has 3 heterocycles. The quantitative estimate of drug-likeness (QED) is 0.780. The van der Waals surface area contributed by atoms with E-state index in [-0.39, 0.29) is 23.0 Å². The van der Waals surface area contributed by atoms with Crippen LogP contribution in [0.4, 0.5) is 19.0 Å². The molecule has 1 N–H and O–H groups in total. The minimum atomic E-state index is -4.65. The van der Waals surface area contributed by atoms with E-state index >= 15 is 0 Å². The molecule has 7 nitrogen and oxygen atoms in total. The van der Waals surface area contributed by atoms with Gasteiger partial charge in [0.1, 0.15) is 6.33 Å². The predicted octanol–water partition coefficient (Wildman–Crippen LogP) is 2.81. The summed E-state index contributed by atoms with van der Waals surface area (Å²) < 4.78 is 46.0. The van der Waals surface area contributed by atoms with Crippen LogP contribution in [-0.4, -0.2) is 37.7 Å². The van der Waals surface area contributed by atoms with Crippen molar-refractivity contribution in [2.45, 2.75) is 25.1 Å². The zero-order valence-electron chi connectivity index (χ0n) is 13.1. The number of halogens is 3. The van der Waals surface area contributed by atoms with Gasteiger partial charge in [0.15, 0.2) is 17.0 Å². The van der Waals surface area contributed by atoms with E-state index in [0.29, 0.717) is 11.6 Å². The molecule has 1 fully saturated rings. The Morgan fingerprint density at radius 3 is 2.60 bits per heavy atom. The van der Waals surface area contributed by atoms with Crippen LogP contribution in [0.1, 0.15) is 18.7 Å². The number of anilines is 1. The molecule has 10 heteroatoms. The Morgan fingerprint density at radius 1 is 1.20 bits per heavy atom. The number of nitrogens with one attached hydrogen (secondary N) is 1. The molecule has 0 atom stereocenters. The van der Waals surface area contributed by atoms with Crippen LogP contribution >= 0.6 is 0 Å². The highest BCUT2D eigenvalue weighted by atomic mass is 19.4. The molecule has 1 aliphatic rings. The first-order chi connectivity index (χ1) is 12.0. The highest BCUT2D eigenvalue weighted by molar-refractivity contribution is 5.84. The SMILES string of the molecule is COc1ccc(-n2cnc3c(NC4CC4)nc(C(F)(F)F)nc32)cn1. The summed E-state index contributed by atoms with van der Waals surface area (Å²) in [6, 6.07) is 3.40. The van der Waals surface area contributed by atoms with E-state index < -0.39 is 12.0 Å². The first-order valence-corrected chi connectivity index (χ1v) is 7.55. The van der Waals surface area contributed by atoms with Crippen LogP contribution in [0.3, 0.4) is 0 Å². The molecule has 0 amide bonds. The monoisotopic (exact) mass is 350 g/mol. The maximum atomic E-state index is 13.2. The highest BCUT2D eigenvalue weighted by Gasteiger charge is 2.37. The second-order valence-electron chi connectivity index (χ2n) is 5.66. The topological polar surface area (TPSA) is 77.8 Å². The first-order valence-electron chi connectivity index (χ1n) is 7.55. The molecule has 0 unspecified atom stereocenters. The molecule has 0 spiro atoms. The molecule has 0 radical (unpaired) electrons. The summed E-state index contributed by atoms with van der Waals surface area (Å²) in [5.41, 5.74) is 0.876. The maximum absolute atomic E-state index is 13.2. The fourth-order valence-electron chi connectivity index (χ4n) is 2.37. The Labute approximate surface area is 139 Å². The van der Waals surface area contributed by atoms with E-state index in [1.165, 1.54) is 24.2 Å². The van der Waals surface area contributed by atoms with Gasteiger partial charge in [0.25, 0.3) is 0 Å². The van der Waals surface area contributed by atoms with Gasteiger partial charge in [-0.3, -0.25) is 4.57 Å². The number of imidazole rings is 1. The minimum Gasteiger partial charge on any atom is -0.481 e. The van der Waals surface area contributed by atoms with Crippen LogP contribution in [0.15, 0.2) is 24.7 Å². The average molecular weight is 350 g/mol. The Balaban J connectivity index is 1.87. The lowest BCUT2D eigenvalue weighted by atomic mass is 10.4. The van der Waals surface area contributed by atoms with E-state index in [0.717, 1.165) is 12.8 Å². The number of nitrogens with zero attached hydrogens (tertiary/aromatic N) is 5. The molecule has 0 bridgehead atoms. The van der Waals surface area contributed by atoms with Gasteiger partial charge in [-0.25, -0.2) is 19.9 Å². The Kier molecular flexibility index (Phi) is 3.48. The third-order valence-electron chi connectivity index (χ3n) is 3.78. The zero-order valence-corrected chi connectivity index (χ0v) is 13.1. The number of ether oxygens (including phenoxy) is 1. The van der Waals surface area contributed by atoms with Gasteiger partial charge in [-0.1, -0.05) is 0 Å². The van der Waals surface area contributed by atoms with E-state index in [2.05, 4.69) is 25.3 Å². The van der Waals surface area contributed by atoms with Crippen LogP contribution in [0, 0.1) is 0 Å². The summed E-state index contributed by atoms with van der Waals surface area (Å²) in [6.45, 7) is 0. The highest BCUT2D eigenvalue weighted by Crippen LogP contribution is 2.33. The van der Waals surface area contributed by atoms with Crippen molar-refractivity contribution in [3.05, 3.63) is 30.5 Å². The predicted molar refractivity (Wildman–Crippen MR) is 82.7 cm³/mol. The number of alkyl halides is 3. The molecule has 3 aromatic rings. The van der Waals surface area contributed by atoms with Crippen LogP contribution in [0.5, 0.6) is 5.88 Å². The molecule has 25 heavy (non-hydrogen) atoms. The normalized spacial score (nSPS) is 14.7. The Hall–Kier alpha value is -2.91. The second-order valence-corrected chi connectivity index (χ2v) is 5.66. The van der Waals surface area contributed by atoms with Gasteiger partial charge in [0.05, 0.1) is 19.0 Å². The van der Waals surface area contributed by atoms with Crippen molar-refractivity contribution in [3.8, 4) is 11.6 Å². The molecule has 0 aliphatic heterocycles. The summed E-state index contributed by atoms with van der Waals surface area (Å²) in [5, 5.41) is 2.99. The summed E-state index contributed by atoms with van der Waals surface area (Å²) >= 11 is 0. The van der Waals surface area contributed by atoms with Crippen molar-refractivity contribution in [3.63, 3.8) is 0 Å². The van der Waals surface area contributed by atoms with Gasteiger partial charge < -0.3 is 10.1 Å². The molecule has 4 rings (SSSR count). The number of rotatable bonds is 4. The summed E-state index contributed by atoms with van der Waals surface area (Å²) in [4.78, 5) is 15.6. The molecule has 0 saturated heterocycles. The number of methoxy groups -OCH3 is 1. The van der Waals surface area contributed by atoms with Gasteiger partial charge in [-0.05, 0) is 18.9 Å². The molecular formula is C15H13F3N6O. The van der Waals surface area contributed by atoms with E-state index in [9.17, 15) is 13.2 Å². The Bertz CT molecular complexity index is 917. The number of pyridine rings is 1. The smallest absolute Gasteiger partial charge is 0.451 e. The fourth-order valence-corrected chi connectivity index (χ4v) is 2.37. The first kappa shape index (κ1) is 15.6. The van der Waals surface area contributed by atoms with Crippen LogP contribution in [0.2, 0.25) is 0 Å². The van der Waals surface area contributed by atoms with Crippen molar-refractivity contribution < 1.29 is 17.9 Å². The number of fused-ring (bicyclic) bond motifs is 1. The second kappa shape index (κ2) is 5.57. The maximum Gasteiger partial charge on any atom is 0.451 e. The standard InChI is InChI=1S/C15H13F3N6O/c1-25-10-5-4-9(6-19-10)24-7-20-11-12(21-8-2-3-8)22-14(15(16,17)18)23-13(11)24/h4-8H,2-3H2,1H3,(H,21,22,23). The van der Waals surface area contributed by atoms with Crippen molar-refractivity contribution in [1.29, 1.82) is 0 Å². The largest absolute Gasteiger partial charge is 0.481 e. The van der Waals surface area contributed by atoms with E-state index in [1.54, 1.807) is 12.1 Å². The third-order valence-corrected chi connectivity index (χ3v) is 3.78. The molecule has 1 saturated carbocycles. The van der Waals surface area contributed by atoms with Gasteiger partial charge in [-0.2, -0.15) is 13.2 Å². The van der Waals surface area contributed by atoms with E-state index in [1.807, 2.05) is 0 Å². The average Bonchev–Trinajstić information content (AvgIpc) is 3.30. The zero-order chi connectivity index (χ0) is 17.6. The number of aromatic nitrogens is 5. The lowest BCUT2D eigenvalue weighted by Crippen LogP contribution is -2.15. The molecule has 130 valence electrons. The van der Waals surface area contributed by atoms with Gasteiger partial charge in [-0.15, -0.1) is 0 Å². The van der Waals surface area contributed by atoms with Crippen molar-refractivity contribution >= 4 is 17.0 Å². The molecule has 3 aromatic heterocycles. The third kappa shape index (κ3) is 2.94. The van der Waals surface area contributed by atoms with Crippen LogP contribution in [-0.2, 0) is 6.18 Å². The summed E-state index contributed by atoms with van der Waals surface area (Å²) in [6.07, 6.45) is 0.0255. The van der Waals surface area contributed by atoms with Gasteiger partial charge >= 0.3 is 6.18 Å². The number of hydrogen-bond donors (Lipinski definition) is 1. The molecular weight excluding hydrogens is 337 g/mol. The summed E-state index contributed by atoms with van der Waals surface area (Å²) in [7, 11) is 1.48. The fraction of sp³-hybridized carbons (Fsp3) is 0.333. The number of hydrogen-bond acceptors (Lipinski definition) is 6. The van der Waals surface area contributed by atoms with Crippen molar-refractivity contribution in [2.24, 2.45) is 0 Å². The van der Waals surface area contributed by atoms with Gasteiger partial charge in [0.2, 0.25) is 11.7 Å². The summed E-state index contributed by atoms with van der Waals surface area (Å²) in [5.74, 6) is -0.707. The minimum absolute atomic E-state index is 0.0671. The van der Waals surface area contributed by atoms with Crippen LogP contribution < -0.4 is 10.1 Å². The van der Waals surface area contributed by atoms with Crippen LogP contribution in [0.25, 0.3) is 16.9 Å². The molecule has 1 aliphatic carbocycles. The lowest BCUT2D eigenvalue weighted by molar-refractivity contribution is -0.144. The Morgan fingerprint density at radius 2 is 2.00 bits per heavy atom.